The highest BCUT2D eigenvalue weighted by Gasteiger charge is 2.30. The van der Waals surface area contributed by atoms with Gasteiger partial charge in [-0.3, -0.25) is 0 Å². The van der Waals surface area contributed by atoms with E-state index in [9.17, 15) is 4.79 Å². The molecule has 0 bridgehead atoms. The van der Waals surface area contributed by atoms with Crippen molar-refractivity contribution < 1.29 is 4.79 Å². The van der Waals surface area contributed by atoms with Crippen molar-refractivity contribution in [2.24, 2.45) is 11.7 Å². The molecule has 1 aliphatic carbocycles. The van der Waals surface area contributed by atoms with E-state index in [2.05, 4.69) is 29.6 Å². The Bertz CT molecular complexity index is 484. The maximum atomic E-state index is 11.7. The van der Waals surface area contributed by atoms with E-state index in [4.69, 9.17) is 5.73 Å². The molecule has 3 rings (SSSR count). The van der Waals surface area contributed by atoms with Gasteiger partial charge < -0.3 is 16.0 Å². The largest absolute Gasteiger partial charge is 0.351 e. The van der Waals surface area contributed by atoms with Gasteiger partial charge in [-0.1, -0.05) is 43.2 Å². The molecule has 2 atom stereocenters. The van der Waals surface area contributed by atoms with Gasteiger partial charge in [-0.25, -0.2) is 4.79 Å². The lowest BCUT2D eigenvalue weighted by molar-refractivity contribution is 0.170. The molecular formula is C18H27N3O. The summed E-state index contributed by atoms with van der Waals surface area (Å²) in [5, 5.41) is 3.70. The quantitative estimate of drug-likeness (QED) is 0.898. The van der Waals surface area contributed by atoms with Crippen LogP contribution in [-0.2, 0) is 0 Å². The van der Waals surface area contributed by atoms with Gasteiger partial charge in [0.1, 0.15) is 0 Å². The Morgan fingerprint density at radius 1 is 1.18 bits per heavy atom. The van der Waals surface area contributed by atoms with Crippen LogP contribution in [0.3, 0.4) is 0 Å². The molecule has 0 spiro atoms. The van der Waals surface area contributed by atoms with Crippen molar-refractivity contribution in [1.82, 2.24) is 10.2 Å². The number of benzene rings is 1. The van der Waals surface area contributed by atoms with Gasteiger partial charge >= 0.3 is 6.03 Å². The maximum absolute atomic E-state index is 11.7. The van der Waals surface area contributed by atoms with Gasteiger partial charge in [-0.2, -0.15) is 0 Å². The van der Waals surface area contributed by atoms with Gasteiger partial charge in [0, 0.05) is 25.0 Å². The van der Waals surface area contributed by atoms with E-state index in [1.54, 1.807) is 4.90 Å². The minimum Gasteiger partial charge on any atom is -0.351 e. The molecule has 0 radical (unpaired) electrons. The third-order valence-electron chi connectivity index (χ3n) is 5.20. The predicted octanol–water partition coefficient (Wildman–Crippen LogP) is 2.70. The number of primary amides is 1. The van der Waals surface area contributed by atoms with Gasteiger partial charge in [-0.05, 0) is 37.3 Å². The molecule has 22 heavy (non-hydrogen) atoms. The third-order valence-corrected chi connectivity index (χ3v) is 5.20. The van der Waals surface area contributed by atoms with Crippen molar-refractivity contribution in [1.29, 1.82) is 0 Å². The topological polar surface area (TPSA) is 58.4 Å². The monoisotopic (exact) mass is 301 g/mol. The summed E-state index contributed by atoms with van der Waals surface area (Å²) in [6, 6.07) is 10.5. The molecule has 120 valence electrons. The first kappa shape index (κ1) is 15.3. The number of nitrogens with two attached hydrogens (primary N) is 1. The lowest BCUT2D eigenvalue weighted by atomic mass is 9.88. The minimum absolute atomic E-state index is 0.298. The van der Waals surface area contributed by atoms with Crippen LogP contribution in [0.1, 0.15) is 43.6 Å². The number of amides is 2. The summed E-state index contributed by atoms with van der Waals surface area (Å²) in [4.78, 5) is 13.5. The van der Waals surface area contributed by atoms with Gasteiger partial charge in [0.05, 0.1) is 0 Å². The van der Waals surface area contributed by atoms with Crippen LogP contribution in [-0.4, -0.2) is 36.6 Å². The van der Waals surface area contributed by atoms with Crippen LogP contribution < -0.4 is 11.1 Å². The van der Waals surface area contributed by atoms with E-state index >= 15 is 0 Å². The Kier molecular flexibility index (Phi) is 4.98. The normalized spacial score (nSPS) is 26.3. The van der Waals surface area contributed by atoms with Gasteiger partial charge in [0.25, 0.3) is 0 Å². The third kappa shape index (κ3) is 3.80. The van der Waals surface area contributed by atoms with Crippen LogP contribution in [0.2, 0.25) is 0 Å². The van der Waals surface area contributed by atoms with Crippen molar-refractivity contribution in [2.45, 2.75) is 44.1 Å². The van der Waals surface area contributed by atoms with Crippen LogP contribution in [0, 0.1) is 5.92 Å². The van der Waals surface area contributed by atoms with E-state index in [1.165, 1.54) is 31.2 Å². The van der Waals surface area contributed by atoms with E-state index in [0.717, 1.165) is 32.0 Å². The van der Waals surface area contributed by atoms with E-state index < -0.39 is 0 Å². The lowest BCUT2D eigenvalue weighted by Crippen LogP contribution is -2.52. The van der Waals surface area contributed by atoms with Gasteiger partial charge in [0.2, 0.25) is 0 Å². The second kappa shape index (κ2) is 7.14. The number of carbonyl (C=O) groups excluding carboxylic acids is 1. The average molecular weight is 301 g/mol. The number of nitrogens with one attached hydrogen (secondary N) is 1. The molecule has 2 fully saturated rings. The fourth-order valence-corrected chi connectivity index (χ4v) is 3.94. The summed E-state index contributed by atoms with van der Waals surface area (Å²) in [6.45, 7) is 2.56. The first-order valence-corrected chi connectivity index (χ1v) is 8.55. The highest BCUT2D eigenvalue weighted by atomic mass is 16.2. The summed E-state index contributed by atoms with van der Waals surface area (Å²) >= 11 is 0. The fraction of sp³-hybridized carbons (Fsp3) is 0.611. The number of urea groups is 1. The molecule has 2 unspecified atom stereocenters. The number of hydrogen-bond acceptors (Lipinski definition) is 2. The molecule has 1 aliphatic heterocycles. The van der Waals surface area contributed by atoms with Crippen molar-refractivity contribution in [3.63, 3.8) is 0 Å². The predicted molar refractivity (Wildman–Crippen MR) is 88.7 cm³/mol. The molecule has 0 aromatic heterocycles. The Labute approximate surface area is 133 Å². The molecule has 1 saturated carbocycles. The second-order valence-electron chi connectivity index (χ2n) is 6.84. The summed E-state index contributed by atoms with van der Waals surface area (Å²) in [5.74, 6) is 1.20. The highest BCUT2D eigenvalue weighted by Crippen LogP contribution is 2.28. The number of nitrogens with zero attached hydrogens (tertiary/aromatic N) is 1. The SMILES string of the molecule is NC(=O)N1CC(NCC2CCCC2)CC(c2ccccc2)C1. The van der Waals surface area contributed by atoms with Crippen LogP contribution in [0.25, 0.3) is 0 Å². The van der Waals surface area contributed by atoms with Crippen LogP contribution in [0.4, 0.5) is 4.79 Å². The zero-order chi connectivity index (χ0) is 15.4. The molecule has 2 aliphatic rings. The van der Waals surface area contributed by atoms with Gasteiger partial charge in [-0.15, -0.1) is 0 Å². The van der Waals surface area contributed by atoms with Crippen molar-refractivity contribution in [2.75, 3.05) is 19.6 Å². The summed E-state index contributed by atoms with van der Waals surface area (Å²) in [5.41, 5.74) is 6.85. The number of piperidine rings is 1. The summed E-state index contributed by atoms with van der Waals surface area (Å²) < 4.78 is 0. The molecule has 1 heterocycles. The Balaban J connectivity index is 1.63. The maximum Gasteiger partial charge on any atom is 0.314 e. The lowest BCUT2D eigenvalue weighted by Gasteiger charge is -2.38. The zero-order valence-corrected chi connectivity index (χ0v) is 13.2. The number of hydrogen-bond donors (Lipinski definition) is 2. The number of carbonyl (C=O) groups is 1. The van der Waals surface area contributed by atoms with Crippen LogP contribution in [0.5, 0.6) is 0 Å². The first-order chi connectivity index (χ1) is 10.7. The van der Waals surface area contributed by atoms with Crippen molar-refractivity contribution >= 4 is 6.03 Å². The second-order valence-corrected chi connectivity index (χ2v) is 6.84. The van der Waals surface area contributed by atoms with Gasteiger partial charge in [0.15, 0.2) is 0 Å². The first-order valence-electron chi connectivity index (χ1n) is 8.55. The Morgan fingerprint density at radius 2 is 1.91 bits per heavy atom. The molecule has 1 aromatic rings. The average Bonchev–Trinajstić information content (AvgIpc) is 3.07. The molecule has 4 heteroatoms. The molecular weight excluding hydrogens is 274 g/mol. The smallest absolute Gasteiger partial charge is 0.314 e. The summed E-state index contributed by atoms with van der Waals surface area (Å²) in [7, 11) is 0. The minimum atomic E-state index is -0.298. The molecule has 1 aromatic carbocycles. The van der Waals surface area contributed by atoms with E-state index in [1.807, 2.05) is 6.07 Å². The molecule has 4 nitrogen and oxygen atoms in total. The van der Waals surface area contributed by atoms with E-state index in [0.29, 0.717) is 12.0 Å². The molecule has 1 saturated heterocycles. The fourth-order valence-electron chi connectivity index (χ4n) is 3.94. The zero-order valence-electron chi connectivity index (χ0n) is 13.2. The highest BCUT2D eigenvalue weighted by molar-refractivity contribution is 5.72. The Morgan fingerprint density at radius 3 is 2.59 bits per heavy atom. The Hall–Kier alpha value is -1.55. The van der Waals surface area contributed by atoms with Crippen molar-refractivity contribution in [3.8, 4) is 0 Å². The number of rotatable bonds is 4. The van der Waals surface area contributed by atoms with Crippen LogP contribution >= 0.6 is 0 Å². The molecule has 2 amide bonds. The van der Waals surface area contributed by atoms with Crippen molar-refractivity contribution in [3.05, 3.63) is 35.9 Å². The van der Waals surface area contributed by atoms with Crippen LogP contribution in [0.15, 0.2) is 30.3 Å². The standard InChI is InChI=1S/C18H27N3O/c19-18(22)21-12-16(15-8-2-1-3-9-15)10-17(13-21)20-11-14-6-4-5-7-14/h1-3,8-9,14,16-17,20H,4-7,10-13H2,(H2,19,22). The molecule has 3 N–H and O–H groups in total. The summed E-state index contributed by atoms with van der Waals surface area (Å²) in [6.07, 6.45) is 6.53. The van der Waals surface area contributed by atoms with E-state index in [-0.39, 0.29) is 6.03 Å². The number of likely N-dealkylation sites (tertiary alicyclic amines) is 1.